The molecular formula is C15H18BrClN2S. The highest BCUT2D eigenvalue weighted by Gasteiger charge is 2.18. The normalized spacial score (nSPS) is 12.6. The third-order valence-corrected chi connectivity index (χ3v) is 5.38. The van der Waals surface area contributed by atoms with Crippen molar-refractivity contribution in [2.75, 3.05) is 6.54 Å². The lowest BCUT2D eigenvalue weighted by atomic mass is 10.1. The van der Waals surface area contributed by atoms with Gasteiger partial charge >= 0.3 is 0 Å². The Kier molecular flexibility index (Phi) is 6.02. The number of rotatable bonds is 6. The summed E-state index contributed by atoms with van der Waals surface area (Å²) in [5, 5.41) is 6.59. The van der Waals surface area contributed by atoms with Crippen molar-refractivity contribution in [2.24, 2.45) is 0 Å². The summed E-state index contributed by atoms with van der Waals surface area (Å²) in [6.07, 6.45) is 3.80. The zero-order chi connectivity index (χ0) is 14.5. The molecule has 2 nitrogen and oxygen atoms in total. The lowest BCUT2D eigenvalue weighted by Gasteiger charge is -2.17. The van der Waals surface area contributed by atoms with Gasteiger partial charge in [0.25, 0.3) is 0 Å². The van der Waals surface area contributed by atoms with Crippen molar-refractivity contribution in [3.63, 3.8) is 0 Å². The number of nitrogens with one attached hydrogen (secondary N) is 1. The molecule has 2 aromatic heterocycles. The molecule has 0 saturated heterocycles. The number of halogens is 2. The van der Waals surface area contributed by atoms with Gasteiger partial charge in [0, 0.05) is 33.7 Å². The number of aromatic nitrogens is 1. The van der Waals surface area contributed by atoms with Crippen LogP contribution in [0.25, 0.3) is 0 Å². The number of hydrogen-bond donors (Lipinski definition) is 1. The molecule has 1 N–H and O–H groups in total. The zero-order valence-corrected chi connectivity index (χ0v) is 14.8. The molecule has 20 heavy (non-hydrogen) atoms. The molecule has 0 aliphatic heterocycles. The quantitative estimate of drug-likeness (QED) is 0.757. The van der Waals surface area contributed by atoms with Gasteiger partial charge in [0.1, 0.15) is 0 Å². The van der Waals surface area contributed by atoms with E-state index < -0.39 is 0 Å². The van der Waals surface area contributed by atoms with Gasteiger partial charge < -0.3 is 5.32 Å². The number of aryl methyl sites for hydroxylation is 1. The van der Waals surface area contributed by atoms with Crippen molar-refractivity contribution in [2.45, 2.75) is 32.7 Å². The van der Waals surface area contributed by atoms with E-state index in [1.54, 1.807) is 11.3 Å². The van der Waals surface area contributed by atoms with Crippen LogP contribution in [-0.2, 0) is 6.42 Å². The predicted molar refractivity (Wildman–Crippen MR) is 90.7 cm³/mol. The highest BCUT2D eigenvalue weighted by molar-refractivity contribution is 9.10. The van der Waals surface area contributed by atoms with Crippen molar-refractivity contribution < 1.29 is 0 Å². The monoisotopic (exact) mass is 372 g/mol. The molecule has 0 aromatic carbocycles. The molecule has 0 amide bonds. The van der Waals surface area contributed by atoms with E-state index in [2.05, 4.69) is 51.5 Å². The molecule has 1 atom stereocenters. The maximum Gasteiger partial charge on any atom is 0.0590 e. The third-order valence-electron chi connectivity index (χ3n) is 3.08. The van der Waals surface area contributed by atoms with E-state index in [9.17, 15) is 0 Å². The Balaban J connectivity index is 2.19. The van der Waals surface area contributed by atoms with Crippen LogP contribution in [0, 0.1) is 6.92 Å². The Morgan fingerprint density at radius 2 is 2.25 bits per heavy atom. The van der Waals surface area contributed by atoms with Crippen molar-refractivity contribution in [3.8, 4) is 0 Å². The molecule has 0 bridgehead atoms. The standard InChI is InChI=1S/C15H18BrClN2S/c1-3-6-18-13(15-14(17)10(2)9-20-15)7-12-5-4-11(16)8-19-12/h4-5,8-9,13,18H,3,6-7H2,1-2H3. The first-order valence-corrected chi connectivity index (χ1v) is 8.74. The minimum atomic E-state index is 0.231. The summed E-state index contributed by atoms with van der Waals surface area (Å²) in [5.41, 5.74) is 2.22. The smallest absolute Gasteiger partial charge is 0.0590 e. The van der Waals surface area contributed by atoms with Crippen molar-refractivity contribution >= 4 is 38.9 Å². The molecule has 1 unspecified atom stereocenters. The van der Waals surface area contributed by atoms with Crippen LogP contribution in [-0.4, -0.2) is 11.5 Å². The molecule has 0 saturated carbocycles. The lowest BCUT2D eigenvalue weighted by molar-refractivity contribution is 0.531. The molecular weight excluding hydrogens is 356 g/mol. The van der Waals surface area contributed by atoms with Gasteiger partial charge in [-0.2, -0.15) is 0 Å². The Morgan fingerprint density at radius 3 is 2.80 bits per heavy atom. The molecule has 0 radical (unpaired) electrons. The number of hydrogen-bond acceptors (Lipinski definition) is 3. The van der Waals surface area contributed by atoms with E-state index in [1.165, 1.54) is 4.88 Å². The van der Waals surface area contributed by atoms with Crippen LogP contribution in [0.4, 0.5) is 0 Å². The summed E-state index contributed by atoms with van der Waals surface area (Å²) in [5.74, 6) is 0. The number of pyridine rings is 1. The summed E-state index contributed by atoms with van der Waals surface area (Å²) >= 11 is 11.6. The first kappa shape index (κ1) is 16.0. The lowest BCUT2D eigenvalue weighted by Crippen LogP contribution is -2.24. The Morgan fingerprint density at radius 1 is 1.45 bits per heavy atom. The topological polar surface area (TPSA) is 24.9 Å². The average molecular weight is 374 g/mol. The Hall–Kier alpha value is -0.420. The van der Waals surface area contributed by atoms with E-state index in [4.69, 9.17) is 11.6 Å². The molecule has 0 aliphatic rings. The highest BCUT2D eigenvalue weighted by atomic mass is 79.9. The van der Waals surface area contributed by atoms with Crippen LogP contribution in [0.5, 0.6) is 0 Å². The molecule has 0 fully saturated rings. The summed E-state index contributed by atoms with van der Waals surface area (Å²) < 4.78 is 1.00. The molecule has 2 rings (SSSR count). The first-order valence-electron chi connectivity index (χ1n) is 6.69. The number of thiophene rings is 1. The van der Waals surface area contributed by atoms with Crippen LogP contribution in [0.3, 0.4) is 0 Å². The maximum atomic E-state index is 6.42. The minimum Gasteiger partial charge on any atom is -0.309 e. The number of nitrogens with zero attached hydrogens (tertiary/aromatic N) is 1. The van der Waals surface area contributed by atoms with E-state index in [1.807, 2.05) is 12.3 Å². The Labute approximate surface area is 137 Å². The zero-order valence-electron chi connectivity index (χ0n) is 11.6. The predicted octanol–water partition coefficient (Wildman–Crippen LogP) is 5.15. The molecule has 0 spiro atoms. The molecule has 2 aromatic rings. The van der Waals surface area contributed by atoms with Crippen LogP contribution in [0.1, 0.15) is 35.5 Å². The molecule has 108 valence electrons. The first-order chi connectivity index (χ1) is 9.61. The van der Waals surface area contributed by atoms with Crippen LogP contribution in [0.2, 0.25) is 5.02 Å². The van der Waals surface area contributed by atoms with Gasteiger partial charge in [-0.1, -0.05) is 18.5 Å². The van der Waals surface area contributed by atoms with Crippen molar-refractivity contribution in [3.05, 3.63) is 49.3 Å². The van der Waals surface area contributed by atoms with Crippen molar-refractivity contribution in [1.82, 2.24) is 10.3 Å². The van der Waals surface area contributed by atoms with E-state index in [0.717, 1.165) is 40.1 Å². The van der Waals surface area contributed by atoms with Gasteiger partial charge in [-0.3, -0.25) is 4.98 Å². The minimum absolute atomic E-state index is 0.231. The van der Waals surface area contributed by atoms with Crippen LogP contribution >= 0.6 is 38.9 Å². The fourth-order valence-corrected chi connectivity index (χ4v) is 3.63. The summed E-state index contributed by atoms with van der Waals surface area (Å²) in [6, 6.07) is 4.31. The van der Waals surface area contributed by atoms with Gasteiger partial charge in [0.2, 0.25) is 0 Å². The fraction of sp³-hybridized carbons (Fsp3) is 0.400. The molecule has 2 heterocycles. The van der Waals surface area contributed by atoms with Crippen molar-refractivity contribution in [1.29, 1.82) is 0 Å². The van der Waals surface area contributed by atoms with Gasteiger partial charge in [-0.05, 0) is 58.9 Å². The van der Waals surface area contributed by atoms with Gasteiger partial charge in [-0.25, -0.2) is 0 Å². The molecule has 0 aliphatic carbocycles. The second kappa shape index (κ2) is 7.55. The summed E-state index contributed by atoms with van der Waals surface area (Å²) in [6.45, 7) is 5.20. The summed E-state index contributed by atoms with van der Waals surface area (Å²) in [4.78, 5) is 5.67. The highest BCUT2D eigenvalue weighted by Crippen LogP contribution is 2.33. The van der Waals surface area contributed by atoms with Crippen LogP contribution in [0.15, 0.2) is 28.2 Å². The molecule has 5 heteroatoms. The Bertz CT molecular complexity index is 554. The summed E-state index contributed by atoms with van der Waals surface area (Å²) in [7, 11) is 0. The van der Waals surface area contributed by atoms with Crippen LogP contribution < -0.4 is 5.32 Å². The second-order valence-electron chi connectivity index (χ2n) is 4.78. The van der Waals surface area contributed by atoms with Gasteiger partial charge in [0.05, 0.1) is 5.02 Å². The SMILES string of the molecule is CCCNC(Cc1ccc(Br)cn1)c1scc(C)c1Cl. The average Bonchev–Trinajstić information content (AvgIpc) is 2.77. The third kappa shape index (κ3) is 4.04. The van der Waals surface area contributed by atoms with Gasteiger partial charge in [-0.15, -0.1) is 11.3 Å². The largest absolute Gasteiger partial charge is 0.309 e. The maximum absolute atomic E-state index is 6.42. The fourth-order valence-electron chi connectivity index (χ4n) is 2.00. The van der Waals surface area contributed by atoms with E-state index in [-0.39, 0.29) is 6.04 Å². The second-order valence-corrected chi connectivity index (χ2v) is 6.98. The van der Waals surface area contributed by atoms with E-state index in [0.29, 0.717) is 0 Å². The van der Waals surface area contributed by atoms with E-state index >= 15 is 0 Å². The van der Waals surface area contributed by atoms with Gasteiger partial charge in [0.15, 0.2) is 0 Å².